The molecule has 0 aliphatic carbocycles. The van der Waals surface area contributed by atoms with Crippen LogP contribution in [0.2, 0.25) is 0 Å². The third kappa shape index (κ3) is 6.53. The highest BCUT2D eigenvalue weighted by Gasteiger charge is 2.09. The quantitative estimate of drug-likeness (QED) is 0.532. The van der Waals surface area contributed by atoms with Gasteiger partial charge in [-0.3, -0.25) is 4.79 Å². The molecule has 1 atom stereocenters. The lowest BCUT2D eigenvalue weighted by Crippen LogP contribution is -2.16. The maximum atomic E-state index is 11.0. The van der Waals surface area contributed by atoms with E-state index in [2.05, 4.69) is 26.5 Å². The van der Waals surface area contributed by atoms with Crippen LogP contribution in [0.1, 0.15) is 33.6 Å². The van der Waals surface area contributed by atoms with Crippen LogP contribution in [0.25, 0.3) is 0 Å². The number of rotatable bonds is 5. The van der Waals surface area contributed by atoms with Gasteiger partial charge in [0, 0.05) is 5.75 Å². The van der Waals surface area contributed by atoms with E-state index in [4.69, 9.17) is 4.74 Å². The van der Waals surface area contributed by atoms with Crippen molar-refractivity contribution in [3.05, 3.63) is 0 Å². The normalized spacial score (nSPS) is 13.1. The number of ether oxygens (including phenoxy) is 1. The number of thiol groups is 1. The second kappa shape index (κ2) is 6.35. The summed E-state index contributed by atoms with van der Waals surface area (Å²) in [5.74, 6) is 0.995. The van der Waals surface area contributed by atoms with Gasteiger partial charge in [-0.15, -0.1) is 0 Å². The van der Waals surface area contributed by atoms with E-state index in [9.17, 15) is 4.79 Å². The molecule has 0 aliphatic heterocycles. The van der Waals surface area contributed by atoms with Crippen molar-refractivity contribution < 1.29 is 9.53 Å². The smallest absolute Gasteiger partial charge is 0.306 e. The molecule has 2 nitrogen and oxygen atoms in total. The fourth-order valence-corrected chi connectivity index (χ4v) is 1.27. The maximum Gasteiger partial charge on any atom is 0.306 e. The van der Waals surface area contributed by atoms with E-state index >= 15 is 0 Å². The van der Waals surface area contributed by atoms with Crippen LogP contribution in [0.4, 0.5) is 0 Å². The second-order valence-corrected chi connectivity index (χ2v) is 3.85. The third-order valence-corrected chi connectivity index (χ3v) is 1.68. The van der Waals surface area contributed by atoms with Crippen LogP contribution in [-0.2, 0) is 9.53 Å². The van der Waals surface area contributed by atoms with Crippen LogP contribution in [0.5, 0.6) is 0 Å². The van der Waals surface area contributed by atoms with Gasteiger partial charge >= 0.3 is 5.97 Å². The van der Waals surface area contributed by atoms with Crippen molar-refractivity contribution in [1.29, 1.82) is 0 Å². The average Bonchev–Trinajstić information content (AvgIpc) is 1.84. The summed E-state index contributed by atoms with van der Waals surface area (Å²) in [4.78, 5) is 11.0. The highest BCUT2D eigenvalue weighted by Crippen LogP contribution is 2.08. The minimum atomic E-state index is -0.141. The first kappa shape index (κ1) is 11.8. The van der Waals surface area contributed by atoms with Crippen molar-refractivity contribution in [3.63, 3.8) is 0 Å². The summed E-state index contributed by atoms with van der Waals surface area (Å²) in [6.45, 7) is 6.16. The zero-order valence-corrected chi connectivity index (χ0v) is 8.93. The molecular weight excluding hydrogens is 172 g/mol. The molecule has 0 aromatic carbocycles. The molecule has 0 aromatic rings. The lowest BCUT2D eigenvalue weighted by Gasteiger charge is -2.14. The number of carbonyl (C=O) groups is 1. The largest absolute Gasteiger partial charge is 0.463 e. The lowest BCUT2D eigenvalue weighted by atomic mass is 10.1. The standard InChI is InChI=1S/C9H18O2S/c1-7(2)6-8(3)11-9(10)4-5-12/h7-8,12H,4-6H2,1-3H3. The molecule has 72 valence electrons. The molecule has 0 aliphatic rings. The second-order valence-electron chi connectivity index (χ2n) is 3.40. The van der Waals surface area contributed by atoms with Gasteiger partial charge in [0.2, 0.25) is 0 Å². The Morgan fingerprint density at radius 2 is 2.00 bits per heavy atom. The Morgan fingerprint density at radius 3 is 2.42 bits per heavy atom. The molecule has 0 fully saturated rings. The number of esters is 1. The highest BCUT2D eigenvalue weighted by atomic mass is 32.1. The van der Waals surface area contributed by atoms with Crippen molar-refractivity contribution in [3.8, 4) is 0 Å². The lowest BCUT2D eigenvalue weighted by molar-refractivity contribution is -0.148. The maximum absolute atomic E-state index is 11.0. The van der Waals surface area contributed by atoms with Gasteiger partial charge < -0.3 is 4.74 Å². The Hall–Kier alpha value is -0.180. The van der Waals surface area contributed by atoms with E-state index in [1.54, 1.807) is 0 Å². The van der Waals surface area contributed by atoms with E-state index in [-0.39, 0.29) is 12.1 Å². The Kier molecular flexibility index (Phi) is 6.25. The summed E-state index contributed by atoms with van der Waals surface area (Å²) in [6, 6.07) is 0. The highest BCUT2D eigenvalue weighted by molar-refractivity contribution is 7.80. The van der Waals surface area contributed by atoms with Gasteiger partial charge in [-0.25, -0.2) is 0 Å². The predicted octanol–water partition coefficient (Wildman–Crippen LogP) is 2.28. The van der Waals surface area contributed by atoms with Crippen molar-refractivity contribution >= 4 is 18.6 Å². The van der Waals surface area contributed by atoms with Gasteiger partial charge in [0.25, 0.3) is 0 Å². The van der Waals surface area contributed by atoms with Crippen LogP contribution >= 0.6 is 12.6 Å². The van der Waals surface area contributed by atoms with Gasteiger partial charge in [-0.1, -0.05) is 13.8 Å². The minimum Gasteiger partial charge on any atom is -0.463 e. The van der Waals surface area contributed by atoms with Crippen molar-refractivity contribution in [2.45, 2.75) is 39.7 Å². The fraction of sp³-hybridized carbons (Fsp3) is 0.889. The molecule has 3 heteroatoms. The van der Waals surface area contributed by atoms with Crippen LogP contribution in [-0.4, -0.2) is 17.8 Å². The molecule has 0 spiro atoms. The molecule has 0 radical (unpaired) electrons. The molecule has 1 unspecified atom stereocenters. The number of carbonyl (C=O) groups excluding carboxylic acids is 1. The van der Waals surface area contributed by atoms with E-state index < -0.39 is 0 Å². The Bertz CT molecular complexity index is 134. The molecule has 0 heterocycles. The third-order valence-electron chi connectivity index (χ3n) is 1.45. The first-order valence-electron chi connectivity index (χ1n) is 4.36. The van der Waals surface area contributed by atoms with E-state index in [0.717, 1.165) is 6.42 Å². The number of hydrogen-bond donors (Lipinski definition) is 1. The number of hydrogen-bond acceptors (Lipinski definition) is 3. The molecular formula is C9H18O2S. The van der Waals surface area contributed by atoms with Crippen LogP contribution < -0.4 is 0 Å². The zero-order valence-electron chi connectivity index (χ0n) is 8.04. The molecule has 0 N–H and O–H groups in total. The predicted molar refractivity (Wildman–Crippen MR) is 53.5 cm³/mol. The van der Waals surface area contributed by atoms with Crippen molar-refractivity contribution in [2.24, 2.45) is 5.92 Å². The van der Waals surface area contributed by atoms with Gasteiger partial charge in [-0.05, 0) is 19.3 Å². The summed E-state index contributed by atoms with van der Waals surface area (Å²) >= 11 is 3.95. The van der Waals surface area contributed by atoms with E-state index in [1.165, 1.54) is 0 Å². The first-order valence-corrected chi connectivity index (χ1v) is 4.99. The first-order chi connectivity index (χ1) is 5.56. The van der Waals surface area contributed by atoms with Gasteiger partial charge in [0.05, 0.1) is 12.5 Å². The average molecular weight is 190 g/mol. The van der Waals surface area contributed by atoms with E-state index in [1.807, 2.05) is 6.92 Å². The molecule has 0 bridgehead atoms. The fourth-order valence-electron chi connectivity index (χ4n) is 1.09. The molecule has 0 amide bonds. The van der Waals surface area contributed by atoms with E-state index in [0.29, 0.717) is 18.1 Å². The monoisotopic (exact) mass is 190 g/mol. The molecule has 0 saturated carbocycles. The SMILES string of the molecule is CC(C)CC(C)OC(=O)CCS. The summed E-state index contributed by atoms with van der Waals surface area (Å²) < 4.78 is 5.11. The summed E-state index contributed by atoms with van der Waals surface area (Å²) in [7, 11) is 0. The van der Waals surface area contributed by atoms with Crippen LogP contribution in [0.3, 0.4) is 0 Å². The van der Waals surface area contributed by atoms with Gasteiger partial charge in [-0.2, -0.15) is 12.6 Å². The Balaban J connectivity index is 3.54. The molecule has 0 saturated heterocycles. The molecule has 0 rings (SSSR count). The van der Waals surface area contributed by atoms with Crippen LogP contribution in [0, 0.1) is 5.92 Å². The Morgan fingerprint density at radius 1 is 1.42 bits per heavy atom. The summed E-state index contributed by atoms with van der Waals surface area (Å²) in [5, 5.41) is 0. The van der Waals surface area contributed by atoms with Crippen LogP contribution in [0.15, 0.2) is 0 Å². The molecule has 12 heavy (non-hydrogen) atoms. The minimum absolute atomic E-state index is 0.0392. The summed E-state index contributed by atoms with van der Waals surface area (Å²) in [6.07, 6.45) is 1.38. The summed E-state index contributed by atoms with van der Waals surface area (Å²) in [5.41, 5.74) is 0. The van der Waals surface area contributed by atoms with Gasteiger partial charge in [0.1, 0.15) is 0 Å². The topological polar surface area (TPSA) is 26.3 Å². The Labute approximate surface area is 80.1 Å². The van der Waals surface area contributed by atoms with Crippen molar-refractivity contribution in [1.82, 2.24) is 0 Å². The van der Waals surface area contributed by atoms with Crippen molar-refractivity contribution in [2.75, 3.05) is 5.75 Å². The van der Waals surface area contributed by atoms with Gasteiger partial charge in [0.15, 0.2) is 0 Å². The molecule has 0 aromatic heterocycles. The zero-order chi connectivity index (χ0) is 9.56.